The maximum Gasteiger partial charge on any atom is 0.220 e. The fourth-order valence-corrected chi connectivity index (χ4v) is 3.08. The van der Waals surface area contributed by atoms with Crippen LogP contribution in [0.2, 0.25) is 5.02 Å². The van der Waals surface area contributed by atoms with E-state index < -0.39 is 0 Å². The Hall–Kier alpha value is -2.78. The summed E-state index contributed by atoms with van der Waals surface area (Å²) in [5.41, 5.74) is 3.33. The first-order valence-electron chi connectivity index (χ1n) is 9.41. The van der Waals surface area contributed by atoms with Crippen molar-refractivity contribution in [3.05, 3.63) is 101 Å². The molecule has 3 rings (SSSR count). The van der Waals surface area contributed by atoms with E-state index in [9.17, 15) is 4.79 Å². The van der Waals surface area contributed by atoms with E-state index in [1.807, 2.05) is 42.5 Å². The molecule has 144 valence electrons. The van der Waals surface area contributed by atoms with Crippen LogP contribution < -0.4 is 10.1 Å². The van der Waals surface area contributed by atoms with Gasteiger partial charge in [-0.15, -0.1) is 0 Å². The summed E-state index contributed by atoms with van der Waals surface area (Å²) in [5, 5.41) is 3.84. The van der Waals surface area contributed by atoms with Gasteiger partial charge in [0.05, 0.1) is 12.6 Å². The smallest absolute Gasteiger partial charge is 0.220 e. The van der Waals surface area contributed by atoms with Gasteiger partial charge in [-0.05, 0) is 48.7 Å². The number of ether oxygens (including phenoxy) is 1. The summed E-state index contributed by atoms with van der Waals surface area (Å²) in [7, 11) is 0. The van der Waals surface area contributed by atoms with Crippen molar-refractivity contribution in [2.45, 2.75) is 25.8 Å². The summed E-state index contributed by atoms with van der Waals surface area (Å²) in [4.78, 5) is 12.5. The highest BCUT2D eigenvalue weighted by atomic mass is 35.5. The molecule has 3 aromatic carbocycles. The van der Waals surface area contributed by atoms with Gasteiger partial charge in [0.15, 0.2) is 0 Å². The molecule has 4 heteroatoms. The van der Waals surface area contributed by atoms with Crippen LogP contribution in [-0.4, -0.2) is 12.5 Å². The Morgan fingerprint density at radius 1 is 0.929 bits per heavy atom. The minimum atomic E-state index is -0.161. The molecule has 1 unspecified atom stereocenters. The summed E-state index contributed by atoms with van der Waals surface area (Å²) in [5.74, 6) is 0.765. The highest BCUT2D eigenvalue weighted by Crippen LogP contribution is 2.22. The van der Waals surface area contributed by atoms with Gasteiger partial charge in [0.2, 0.25) is 5.91 Å². The maximum atomic E-state index is 12.5. The molecule has 1 amide bonds. The van der Waals surface area contributed by atoms with Crippen LogP contribution in [0.15, 0.2) is 78.9 Å². The van der Waals surface area contributed by atoms with Gasteiger partial charge in [0, 0.05) is 11.4 Å². The molecule has 28 heavy (non-hydrogen) atoms. The Balaban J connectivity index is 1.56. The zero-order valence-electron chi connectivity index (χ0n) is 15.9. The summed E-state index contributed by atoms with van der Waals surface area (Å²) in [6.07, 6.45) is 1.05. The van der Waals surface area contributed by atoms with Gasteiger partial charge in [-0.1, -0.05) is 71.8 Å². The first-order chi connectivity index (χ1) is 13.6. The zero-order valence-corrected chi connectivity index (χ0v) is 16.7. The van der Waals surface area contributed by atoms with E-state index >= 15 is 0 Å². The van der Waals surface area contributed by atoms with Crippen molar-refractivity contribution in [1.29, 1.82) is 0 Å². The number of benzene rings is 3. The Kier molecular flexibility index (Phi) is 7.10. The molecule has 0 aliphatic carbocycles. The number of nitrogens with one attached hydrogen (secondary N) is 1. The quantitative estimate of drug-likeness (QED) is 0.497. The number of aryl methyl sites for hydroxylation is 1. The third-order valence-electron chi connectivity index (χ3n) is 4.48. The number of rotatable bonds is 8. The number of halogens is 1. The van der Waals surface area contributed by atoms with Crippen LogP contribution >= 0.6 is 11.6 Å². The number of carbonyl (C=O) groups excluding carboxylic acids is 1. The molecule has 1 atom stereocenters. The first-order valence-corrected chi connectivity index (χ1v) is 9.79. The topological polar surface area (TPSA) is 38.3 Å². The number of amides is 1. The molecule has 0 radical (unpaired) electrons. The second-order valence-corrected chi connectivity index (χ2v) is 7.16. The van der Waals surface area contributed by atoms with Crippen LogP contribution in [0.1, 0.15) is 35.6 Å². The lowest BCUT2D eigenvalue weighted by Crippen LogP contribution is -2.29. The van der Waals surface area contributed by atoms with E-state index in [0.717, 1.165) is 16.9 Å². The summed E-state index contributed by atoms with van der Waals surface area (Å²) < 4.78 is 5.66. The molecule has 1 N–H and O–H groups in total. The summed E-state index contributed by atoms with van der Waals surface area (Å²) >= 11 is 5.86. The van der Waals surface area contributed by atoms with Crippen LogP contribution in [0, 0.1) is 6.92 Å². The van der Waals surface area contributed by atoms with Crippen molar-refractivity contribution in [2.75, 3.05) is 6.61 Å². The molecular formula is C24H24ClNO2. The highest BCUT2D eigenvalue weighted by molar-refractivity contribution is 6.30. The molecule has 0 saturated carbocycles. The molecule has 0 saturated heterocycles. The van der Waals surface area contributed by atoms with Crippen molar-refractivity contribution < 1.29 is 9.53 Å². The molecule has 0 aliphatic heterocycles. The Labute approximate surface area is 171 Å². The second-order valence-electron chi connectivity index (χ2n) is 6.73. The van der Waals surface area contributed by atoms with Crippen LogP contribution in [0.3, 0.4) is 0 Å². The fraction of sp³-hybridized carbons (Fsp3) is 0.208. The standard InChI is InChI=1S/C24H24ClNO2/c1-18-9-11-20(12-10-18)24(19-6-3-2-4-7-19)26-23(27)8-5-17-28-22-15-13-21(25)14-16-22/h2-4,6-7,9-16,24H,5,8,17H2,1H3,(H,26,27). The van der Waals surface area contributed by atoms with Crippen LogP contribution in [0.4, 0.5) is 0 Å². The zero-order chi connectivity index (χ0) is 19.8. The van der Waals surface area contributed by atoms with Crippen molar-refractivity contribution in [2.24, 2.45) is 0 Å². The summed E-state index contributed by atoms with van der Waals surface area (Å²) in [6.45, 7) is 2.54. The normalized spacial score (nSPS) is 11.6. The lowest BCUT2D eigenvalue weighted by molar-refractivity contribution is -0.121. The minimum Gasteiger partial charge on any atom is -0.494 e. The predicted octanol–water partition coefficient (Wildman–Crippen LogP) is 5.71. The third kappa shape index (κ3) is 5.86. The monoisotopic (exact) mass is 393 g/mol. The van der Waals surface area contributed by atoms with Gasteiger partial charge in [0.1, 0.15) is 5.75 Å². The highest BCUT2D eigenvalue weighted by Gasteiger charge is 2.16. The fourth-order valence-electron chi connectivity index (χ4n) is 2.95. The van der Waals surface area contributed by atoms with Crippen molar-refractivity contribution in [3.63, 3.8) is 0 Å². The SMILES string of the molecule is Cc1ccc(C(NC(=O)CCCOc2ccc(Cl)cc2)c2ccccc2)cc1. The minimum absolute atomic E-state index is 0.00846. The first kappa shape index (κ1) is 20.0. The largest absolute Gasteiger partial charge is 0.494 e. The van der Waals surface area contributed by atoms with Crippen molar-refractivity contribution >= 4 is 17.5 Å². The Bertz CT molecular complexity index is 877. The molecule has 0 aromatic heterocycles. The molecule has 0 spiro atoms. The van der Waals surface area contributed by atoms with Gasteiger partial charge in [-0.25, -0.2) is 0 Å². The average Bonchev–Trinajstić information content (AvgIpc) is 2.72. The van der Waals surface area contributed by atoms with Crippen molar-refractivity contribution in [3.8, 4) is 5.75 Å². The molecule has 0 fully saturated rings. The number of hydrogen-bond donors (Lipinski definition) is 1. The van der Waals surface area contributed by atoms with Gasteiger partial charge < -0.3 is 10.1 Å². The molecule has 3 aromatic rings. The lowest BCUT2D eigenvalue weighted by atomic mass is 9.97. The molecule has 3 nitrogen and oxygen atoms in total. The molecular weight excluding hydrogens is 370 g/mol. The molecule has 0 heterocycles. The third-order valence-corrected chi connectivity index (χ3v) is 4.73. The predicted molar refractivity (Wildman–Crippen MR) is 114 cm³/mol. The maximum absolute atomic E-state index is 12.5. The van der Waals surface area contributed by atoms with Crippen LogP contribution in [0.25, 0.3) is 0 Å². The summed E-state index contributed by atoms with van der Waals surface area (Å²) in [6, 6.07) is 25.4. The van der Waals surface area contributed by atoms with Crippen LogP contribution in [0.5, 0.6) is 5.75 Å². The van der Waals surface area contributed by atoms with E-state index in [-0.39, 0.29) is 11.9 Å². The second kappa shape index (κ2) is 9.95. The number of hydrogen-bond acceptors (Lipinski definition) is 2. The lowest BCUT2D eigenvalue weighted by Gasteiger charge is -2.20. The van der Waals surface area contributed by atoms with Gasteiger partial charge in [-0.2, -0.15) is 0 Å². The molecule has 0 aliphatic rings. The Morgan fingerprint density at radius 3 is 2.25 bits per heavy atom. The van der Waals surface area contributed by atoms with Gasteiger partial charge in [-0.3, -0.25) is 4.79 Å². The van der Waals surface area contributed by atoms with Gasteiger partial charge in [0.25, 0.3) is 0 Å². The van der Waals surface area contributed by atoms with E-state index in [2.05, 4.69) is 36.5 Å². The van der Waals surface area contributed by atoms with E-state index in [4.69, 9.17) is 16.3 Å². The van der Waals surface area contributed by atoms with E-state index in [1.165, 1.54) is 5.56 Å². The van der Waals surface area contributed by atoms with Crippen LogP contribution in [-0.2, 0) is 4.79 Å². The number of carbonyl (C=O) groups is 1. The Morgan fingerprint density at radius 2 is 1.57 bits per heavy atom. The van der Waals surface area contributed by atoms with E-state index in [0.29, 0.717) is 24.5 Å². The van der Waals surface area contributed by atoms with E-state index in [1.54, 1.807) is 12.1 Å². The van der Waals surface area contributed by atoms with Crippen molar-refractivity contribution in [1.82, 2.24) is 5.32 Å². The average molecular weight is 394 g/mol. The molecule has 0 bridgehead atoms. The van der Waals surface area contributed by atoms with Gasteiger partial charge >= 0.3 is 0 Å².